The van der Waals surface area contributed by atoms with Gasteiger partial charge >= 0.3 is 0 Å². The van der Waals surface area contributed by atoms with Gasteiger partial charge < -0.3 is 9.64 Å². The fourth-order valence-electron chi connectivity index (χ4n) is 2.65. The van der Waals surface area contributed by atoms with Crippen LogP contribution in [0.5, 0.6) is 5.75 Å². The Morgan fingerprint density at radius 3 is 2.72 bits per heavy atom. The van der Waals surface area contributed by atoms with Crippen molar-refractivity contribution in [2.75, 3.05) is 25.1 Å². The smallest absolute Gasteiger partial charge is 0.121 e. The van der Waals surface area contributed by atoms with Crippen molar-refractivity contribution in [1.29, 1.82) is 0 Å². The number of benzene rings is 1. The molecule has 0 bridgehead atoms. The number of methoxy groups -OCH3 is 1. The minimum absolute atomic E-state index is 0.866. The van der Waals surface area contributed by atoms with Gasteiger partial charge in [-0.3, -0.25) is 4.98 Å². The topological polar surface area (TPSA) is 25.4 Å². The zero-order valence-corrected chi connectivity index (χ0v) is 10.7. The molecule has 2 aromatic rings. The zero-order valence-electron chi connectivity index (χ0n) is 10.7. The fraction of sp³-hybridized carbons (Fsp3) is 0.400. The van der Waals surface area contributed by atoms with Crippen LogP contribution in [0.3, 0.4) is 0 Å². The number of anilines is 1. The molecule has 94 valence electrons. The Hall–Kier alpha value is -1.77. The van der Waals surface area contributed by atoms with Crippen molar-refractivity contribution in [2.24, 2.45) is 0 Å². The SMILES string of the molecule is COc1ccc2c(N3CCCCC3)ccnc2c1. The molecule has 0 amide bonds. The van der Waals surface area contributed by atoms with E-state index in [1.807, 2.05) is 18.3 Å². The minimum Gasteiger partial charge on any atom is -0.497 e. The maximum Gasteiger partial charge on any atom is 0.121 e. The predicted octanol–water partition coefficient (Wildman–Crippen LogP) is 3.23. The lowest BCUT2D eigenvalue weighted by molar-refractivity contribution is 0.415. The first kappa shape index (κ1) is 11.3. The molecule has 1 saturated heterocycles. The van der Waals surface area contributed by atoms with Crippen molar-refractivity contribution < 1.29 is 4.74 Å². The summed E-state index contributed by atoms with van der Waals surface area (Å²) in [6.45, 7) is 2.32. The molecule has 1 fully saturated rings. The summed E-state index contributed by atoms with van der Waals surface area (Å²) in [7, 11) is 1.69. The summed E-state index contributed by atoms with van der Waals surface area (Å²) in [6, 6.07) is 8.26. The Bertz CT molecular complexity index is 547. The fourth-order valence-corrected chi connectivity index (χ4v) is 2.65. The van der Waals surface area contributed by atoms with Crippen LogP contribution in [-0.2, 0) is 0 Å². The highest BCUT2D eigenvalue weighted by molar-refractivity contribution is 5.92. The highest BCUT2D eigenvalue weighted by Crippen LogP contribution is 2.29. The third kappa shape index (κ3) is 2.01. The van der Waals surface area contributed by atoms with E-state index in [4.69, 9.17) is 4.74 Å². The lowest BCUT2D eigenvalue weighted by Gasteiger charge is -2.29. The van der Waals surface area contributed by atoms with Crippen molar-refractivity contribution >= 4 is 16.6 Å². The van der Waals surface area contributed by atoms with Crippen LogP contribution in [0.25, 0.3) is 10.9 Å². The van der Waals surface area contributed by atoms with Crippen molar-refractivity contribution in [3.05, 3.63) is 30.5 Å². The number of piperidine rings is 1. The Labute approximate surface area is 107 Å². The maximum absolute atomic E-state index is 5.25. The molecule has 1 aliphatic rings. The van der Waals surface area contributed by atoms with E-state index in [0.29, 0.717) is 0 Å². The predicted molar refractivity (Wildman–Crippen MR) is 74.4 cm³/mol. The summed E-state index contributed by atoms with van der Waals surface area (Å²) in [5.74, 6) is 0.866. The van der Waals surface area contributed by atoms with Gasteiger partial charge in [-0.1, -0.05) is 0 Å². The third-order valence-corrected chi connectivity index (χ3v) is 3.62. The monoisotopic (exact) mass is 242 g/mol. The molecule has 0 radical (unpaired) electrons. The molecule has 0 N–H and O–H groups in total. The quantitative estimate of drug-likeness (QED) is 0.808. The number of nitrogens with zero attached hydrogens (tertiary/aromatic N) is 2. The number of rotatable bonds is 2. The molecule has 0 atom stereocenters. The maximum atomic E-state index is 5.25. The highest BCUT2D eigenvalue weighted by atomic mass is 16.5. The van der Waals surface area contributed by atoms with Crippen LogP contribution in [-0.4, -0.2) is 25.2 Å². The standard InChI is InChI=1S/C15H18N2O/c1-18-12-5-6-13-14(11-12)16-8-7-15(13)17-9-3-2-4-10-17/h5-8,11H,2-4,9-10H2,1H3. The molecular formula is C15H18N2O. The average Bonchev–Trinajstić information content (AvgIpc) is 2.47. The molecule has 0 saturated carbocycles. The van der Waals surface area contributed by atoms with E-state index in [1.54, 1.807) is 7.11 Å². The van der Waals surface area contributed by atoms with Gasteiger partial charge in [-0.05, 0) is 37.5 Å². The average molecular weight is 242 g/mol. The van der Waals surface area contributed by atoms with Gasteiger partial charge in [0.2, 0.25) is 0 Å². The first-order valence-electron chi connectivity index (χ1n) is 6.56. The van der Waals surface area contributed by atoms with Crippen molar-refractivity contribution in [1.82, 2.24) is 4.98 Å². The zero-order chi connectivity index (χ0) is 12.4. The van der Waals surface area contributed by atoms with Gasteiger partial charge in [0, 0.05) is 36.4 Å². The summed E-state index contributed by atoms with van der Waals surface area (Å²) in [4.78, 5) is 6.91. The number of hydrogen-bond acceptors (Lipinski definition) is 3. The Kier molecular flexibility index (Phi) is 3.05. The number of aromatic nitrogens is 1. The molecule has 1 aliphatic heterocycles. The Morgan fingerprint density at radius 1 is 1.11 bits per heavy atom. The van der Waals surface area contributed by atoms with Gasteiger partial charge in [-0.25, -0.2) is 0 Å². The van der Waals surface area contributed by atoms with Crippen molar-refractivity contribution in [3.8, 4) is 5.75 Å². The first-order valence-corrected chi connectivity index (χ1v) is 6.56. The van der Waals surface area contributed by atoms with Gasteiger partial charge in [0.05, 0.1) is 12.6 Å². The largest absolute Gasteiger partial charge is 0.497 e. The van der Waals surface area contributed by atoms with Gasteiger partial charge in [0.25, 0.3) is 0 Å². The van der Waals surface area contributed by atoms with E-state index in [2.05, 4.69) is 22.0 Å². The molecular weight excluding hydrogens is 224 g/mol. The second-order valence-corrected chi connectivity index (χ2v) is 4.76. The van der Waals surface area contributed by atoms with Crippen LogP contribution in [0.4, 0.5) is 5.69 Å². The minimum atomic E-state index is 0.866. The molecule has 3 heteroatoms. The molecule has 1 aromatic carbocycles. The lowest BCUT2D eigenvalue weighted by Crippen LogP contribution is -2.29. The Balaban J connectivity index is 2.05. The lowest BCUT2D eigenvalue weighted by atomic mass is 10.1. The van der Waals surface area contributed by atoms with Crippen molar-refractivity contribution in [2.45, 2.75) is 19.3 Å². The van der Waals surface area contributed by atoms with E-state index in [9.17, 15) is 0 Å². The van der Waals surface area contributed by atoms with E-state index in [0.717, 1.165) is 24.4 Å². The van der Waals surface area contributed by atoms with Crippen LogP contribution in [0, 0.1) is 0 Å². The van der Waals surface area contributed by atoms with E-state index in [-0.39, 0.29) is 0 Å². The van der Waals surface area contributed by atoms with Crippen molar-refractivity contribution in [3.63, 3.8) is 0 Å². The normalized spacial score (nSPS) is 15.9. The van der Waals surface area contributed by atoms with Gasteiger partial charge in [0.1, 0.15) is 5.75 Å². The van der Waals surface area contributed by atoms with Crippen LogP contribution >= 0.6 is 0 Å². The highest BCUT2D eigenvalue weighted by Gasteiger charge is 2.13. The van der Waals surface area contributed by atoms with E-state index in [1.165, 1.54) is 30.3 Å². The summed E-state index contributed by atoms with van der Waals surface area (Å²) in [6.07, 6.45) is 5.83. The second-order valence-electron chi connectivity index (χ2n) is 4.76. The molecule has 2 heterocycles. The Morgan fingerprint density at radius 2 is 1.94 bits per heavy atom. The summed E-state index contributed by atoms with van der Waals surface area (Å²) >= 11 is 0. The van der Waals surface area contributed by atoms with E-state index >= 15 is 0 Å². The number of hydrogen-bond donors (Lipinski definition) is 0. The number of fused-ring (bicyclic) bond motifs is 1. The molecule has 18 heavy (non-hydrogen) atoms. The number of pyridine rings is 1. The van der Waals surface area contributed by atoms with E-state index < -0.39 is 0 Å². The second kappa shape index (κ2) is 4.84. The number of ether oxygens (including phenoxy) is 1. The molecule has 0 spiro atoms. The molecule has 3 rings (SSSR count). The summed E-state index contributed by atoms with van der Waals surface area (Å²) < 4.78 is 5.25. The molecule has 1 aromatic heterocycles. The van der Waals surface area contributed by atoms with Crippen LogP contribution in [0.15, 0.2) is 30.5 Å². The first-order chi connectivity index (χ1) is 8.88. The molecule has 0 unspecified atom stereocenters. The summed E-state index contributed by atoms with van der Waals surface area (Å²) in [5.41, 5.74) is 2.32. The molecule has 3 nitrogen and oxygen atoms in total. The van der Waals surface area contributed by atoms with Gasteiger partial charge in [-0.2, -0.15) is 0 Å². The van der Waals surface area contributed by atoms with Crippen LogP contribution < -0.4 is 9.64 Å². The van der Waals surface area contributed by atoms with Gasteiger partial charge in [-0.15, -0.1) is 0 Å². The van der Waals surface area contributed by atoms with Crippen LogP contribution in [0.1, 0.15) is 19.3 Å². The van der Waals surface area contributed by atoms with Crippen LogP contribution in [0.2, 0.25) is 0 Å². The van der Waals surface area contributed by atoms with Gasteiger partial charge in [0.15, 0.2) is 0 Å². The molecule has 0 aliphatic carbocycles. The summed E-state index contributed by atoms with van der Waals surface area (Å²) in [5, 5.41) is 1.22. The third-order valence-electron chi connectivity index (χ3n) is 3.62.